The summed E-state index contributed by atoms with van der Waals surface area (Å²) in [6.45, 7) is 1.75. The van der Waals surface area contributed by atoms with Crippen molar-refractivity contribution in [3.05, 3.63) is 54.1 Å². The molecule has 0 aliphatic rings. The first-order valence-electron chi connectivity index (χ1n) is 9.57. The Balaban J connectivity index is 1.92. The smallest absolute Gasteiger partial charge is 0.242 e. The first-order valence-corrected chi connectivity index (χ1v) is 11.0. The van der Waals surface area contributed by atoms with Crippen molar-refractivity contribution < 1.29 is 17.9 Å². The van der Waals surface area contributed by atoms with Crippen LogP contribution in [0.1, 0.15) is 12.0 Å². The van der Waals surface area contributed by atoms with Crippen LogP contribution in [-0.2, 0) is 21.3 Å². The Morgan fingerprint density at radius 1 is 1.10 bits per heavy atom. The molecule has 30 heavy (non-hydrogen) atoms. The number of anilines is 1. The average Bonchev–Trinajstić information content (AvgIpc) is 2.74. The van der Waals surface area contributed by atoms with Crippen LogP contribution in [0.15, 0.2) is 58.4 Å². The molecular weight excluding hydrogens is 404 g/mol. The molecule has 0 atom stereocenters. The molecule has 9 heteroatoms. The Kier molecular flexibility index (Phi) is 9.10. The van der Waals surface area contributed by atoms with Crippen molar-refractivity contribution in [3.63, 3.8) is 0 Å². The van der Waals surface area contributed by atoms with Crippen LogP contribution in [0.3, 0.4) is 0 Å². The number of nitrogens with zero attached hydrogens (tertiary/aromatic N) is 2. The van der Waals surface area contributed by atoms with Crippen LogP contribution in [0.25, 0.3) is 0 Å². The van der Waals surface area contributed by atoms with Crippen LogP contribution >= 0.6 is 0 Å². The quantitative estimate of drug-likeness (QED) is 0.339. The van der Waals surface area contributed by atoms with E-state index in [-0.39, 0.29) is 4.90 Å². The minimum atomic E-state index is -3.43. The van der Waals surface area contributed by atoms with Crippen molar-refractivity contribution in [2.75, 3.05) is 46.8 Å². The number of guanidine groups is 1. The van der Waals surface area contributed by atoms with Crippen LogP contribution in [0.4, 0.5) is 5.69 Å². The number of benzene rings is 2. The topological polar surface area (TPSA) is 92.3 Å². The third-order valence-corrected chi connectivity index (χ3v) is 6.07. The lowest BCUT2D eigenvalue weighted by Gasteiger charge is -2.14. The third-order valence-electron chi connectivity index (χ3n) is 4.24. The van der Waals surface area contributed by atoms with Crippen LogP contribution in [0, 0.1) is 0 Å². The van der Waals surface area contributed by atoms with Gasteiger partial charge in [-0.3, -0.25) is 4.99 Å². The average molecular weight is 435 g/mol. The maximum atomic E-state index is 12.1. The minimum Gasteiger partial charge on any atom is -0.493 e. The highest BCUT2D eigenvalue weighted by Gasteiger charge is 2.16. The largest absolute Gasteiger partial charge is 0.493 e. The minimum absolute atomic E-state index is 0.265. The number of ether oxygens (including phenoxy) is 2. The molecule has 0 bridgehead atoms. The Hall–Kier alpha value is -2.62. The summed E-state index contributed by atoms with van der Waals surface area (Å²) in [5.74, 6) is 1.36. The molecule has 164 valence electrons. The molecule has 0 unspecified atom stereocenters. The standard InChI is InChI=1S/C21H30N4O4S/c1-22-21(24-18-7-5-8-19(15-18)29-14-6-13-28-4)23-16-17-9-11-20(12-10-17)30(26,27)25(2)3/h5,7-12,15H,6,13-14,16H2,1-4H3,(H2,22,23,24). The predicted octanol–water partition coefficient (Wildman–Crippen LogP) is 2.54. The van der Waals surface area contributed by atoms with Gasteiger partial charge in [0.25, 0.3) is 0 Å². The number of aliphatic imine (C=N–C) groups is 1. The number of methoxy groups -OCH3 is 1. The molecule has 2 aromatic rings. The van der Waals surface area contributed by atoms with Gasteiger partial charge in [-0.25, -0.2) is 12.7 Å². The zero-order valence-corrected chi connectivity index (χ0v) is 18.7. The van der Waals surface area contributed by atoms with Crippen LogP contribution < -0.4 is 15.4 Å². The van der Waals surface area contributed by atoms with E-state index in [9.17, 15) is 8.42 Å². The van der Waals surface area contributed by atoms with Gasteiger partial charge in [0.15, 0.2) is 5.96 Å². The van der Waals surface area contributed by atoms with Crippen molar-refractivity contribution >= 4 is 21.7 Å². The van der Waals surface area contributed by atoms with Gasteiger partial charge in [-0.15, -0.1) is 0 Å². The van der Waals surface area contributed by atoms with E-state index in [2.05, 4.69) is 15.6 Å². The Morgan fingerprint density at radius 3 is 2.47 bits per heavy atom. The van der Waals surface area contributed by atoms with Crippen LogP contribution in [-0.4, -0.2) is 60.1 Å². The second kappa shape index (κ2) is 11.5. The van der Waals surface area contributed by atoms with Gasteiger partial charge < -0.3 is 20.1 Å². The second-order valence-corrected chi connectivity index (χ2v) is 8.86. The van der Waals surface area contributed by atoms with Crippen LogP contribution in [0.5, 0.6) is 5.75 Å². The van der Waals surface area contributed by atoms with Crippen molar-refractivity contribution in [3.8, 4) is 5.75 Å². The molecule has 0 radical (unpaired) electrons. The predicted molar refractivity (Wildman–Crippen MR) is 120 cm³/mol. The molecule has 0 aliphatic heterocycles. The first-order chi connectivity index (χ1) is 14.4. The van der Waals surface area contributed by atoms with Gasteiger partial charge in [0.05, 0.1) is 11.5 Å². The summed E-state index contributed by atoms with van der Waals surface area (Å²) in [5, 5.41) is 6.44. The highest BCUT2D eigenvalue weighted by molar-refractivity contribution is 7.89. The molecule has 0 spiro atoms. The molecule has 0 amide bonds. The molecule has 0 aromatic heterocycles. The van der Waals surface area contributed by atoms with Gasteiger partial charge in [-0.1, -0.05) is 18.2 Å². The molecule has 2 N–H and O–H groups in total. The summed E-state index contributed by atoms with van der Waals surface area (Å²) in [4.78, 5) is 4.49. The van der Waals surface area contributed by atoms with Crippen molar-refractivity contribution in [1.82, 2.24) is 9.62 Å². The van der Waals surface area contributed by atoms with Gasteiger partial charge >= 0.3 is 0 Å². The van der Waals surface area contributed by atoms with Crippen LogP contribution in [0.2, 0.25) is 0 Å². The lowest BCUT2D eigenvalue weighted by molar-refractivity contribution is 0.172. The molecule has 8 nitrogen and oxygen atoms in total. The summed E-state index contributed by atoms with van der Waals surface area (Å²) < 4.78 is 36.2. The number of hydrogen-bond donors (Lipinski definition) is 2. The molecule has 0 saturated heterocycles. The maximum absolute atomic E-state index is 12.1. The summed E-state index contributed by atoms with van der Waals surface area (Å²) in [5.41, 5.74) is 1.78. The van der Waals surface area contributed by atoms with E-state index in [4.69, 9.17) is 9.47 Å². The SMILES string of the molecule is CN=C(NCc1ccc(S(=O)(=O)N(C)C)cc1)Nc1cccc(OCCCOC)c1. The molecule has 0 heterocycles. The molecule has 0 fully saturated rings. The van der Waals surface area contributed by atoms with E-state index in [1.54, 1.807) is 38.4 Å². The zero-order chi connectivity index (χ0) is 22.0. The number of sulfonamides is 1. The van der Waals surface area contributed by atoms with E-state index in [1.165, 1.54) is 18.4 Å². The van der Waals surface area contributed by atoms with E-state index < -0.39 is 10.0 Å². The van der Waals surface area contributed by atoms with Gasteiger partial charge in [-0.2, -0.15) is 0 Å². The molecule has 2 aromatic carbocycles. The first kappa shape index (κ1) is 23.7. The summed E-state index contributed by atoms with van der Waals surface area (Å²) >= 11 is 0. The Labute approximate surface area is 179 Å². The third kappa shape index (κ3) is 7.01. The van der Waals surface area contributed by atoms with E-state index in [0.717, 1.165) is 23.4 Å². The number of hydrogen-bond acceptors (Lipinski definition) is 5. The Morgan fingerprint density at radius 2 is 1.83 bits per heavy atom. The molecule has 0 aliphatic carbocycles. The molecule has 2 rings (SSSR count). The zero-order valence-electron chi connectivity index (χ0n) is 17.9. The number of nitrogens with one attached hydrogen (secondary N) is 2. The fourth-order valence-electron chi connectivity index (χ4n) is 2.55. The van der Waals surface area contributed by atoms with Gasteiger partial charge in [-0.05, 0) is 29.8 Å². The van der Waals surface area contributed by atoms with E-state index in [0.29, 0.717) is 25.7 Å². The highest BCUT2D eigenvalue weighted by atomic mass is 32.2. The second-order valence-electron chi connectivity index (χ2n) is 6.70. The fraction of sp³-hybridized carbons (Fsp3) is 0.381. The van der Waals surface area contributed by atoms with Gasteiger partial charge in [0, 0.05) is 59.6 Å². The van der Waals surface area contributed by atoms with Gasteiger partial charge in [0.2, 0.25) is 10.0 Å². The fourth-order valence-corrected chi connectivity index (χ4v) is 3.45. The van der Waals surface area contributed by atoms with E-state index >= 15 is 0 Å². The summed E-state index contributed by atoms with van der Waals surface area (Å²) in [6, 6.07) is 14.4. The van der Waals surface area contributed by atoms with Crippen molar-refractivity contribution in [1.29, 1.82) is 0 Å². The maximum Gasteiger partial charge on any atom is 0.242 e. The number of rotatable bonds is 10. The van der Waals surface area contributed by atoms with Crippen molar-refractivity contribution in [2.45, 2.75) is 17.9 Å². The van der Waals surface area contributed by atoms with E-state index in [1.807, 2.05) is 24.3 Å². The lowest BCUT2D eigenvalue weighted by Crippen LogP contribution is -2.30. The summed E-state index contributed by atoms with van der Waals surface area (Å²) in [7, 11) is 2.96. The molecule has 0 saturated carbocycles. The monoisotopic (exact) mass is 434 g/mol. The molecular formula is C21H30N4O4S. The van der Waals surface area contributed by atoms with Crippen molar-refractivity contribution in [2.24, 2.45) is 4.99 Å². The summed E-state index contributed by atoms with van der Waals surface area (Å²) in [6.07, 6.45) is 0.825. The Bertz CT molecular complexity index is 928. The van der Waals surface area contributed by atoms with Gasteiger partial charge in [0.1, 0.15) is 5.75 Å². The lowest BCUT2D eigenvalue weighted by atomic mass is 10.2. The normalized spacial score (nSPS) is 12.1. The highest BCUT2D eigenvalue weighted by Crippen LogP contribution is 2.18.